The minimum absolute atomic E-state index is 0.308. The van der Waals surface area contributed by atoms with E-state index in [1.54, 1.807) is 12.1 Å². The second kappa shape index (κ2) is 5.12. The predicted octanol–water partition coefficient (Wildman–Crippen LogP) is 2.64. The molecule has 2 rings (SSSR count). The van der Waals surface area contributed by atoms with Crippen molar-refractivity contribution in [2.24, 2.45) is 0 Å². The van der Waals surface area contributed by atoms with Crippen molar-refractivity contribution in [1.82, 2.24) is 5.32 Å². The van der Waals surface area contributed by atoms with Gasteiger partial charge in [0.05, 0.1) is 0 Å². The maximum absolute atomic E-state index is 13.5. The normalized spacial score (nSPS) is 14.8. The minimum Gasteiger partial charge on any atom is -0.486 e. The summed E-state index contributed by atoms with van der Waals surface area (Å²) in [7, 11) is 0. The van der Waals surface area contributed by atoms with Crippen LogP contribution in [0, 0.1) is 5.82 Å². The van der Waals surface area contributed by atoms with Gasteiger partial charge in [0.2, 0.25) is 0 Å². The molecule has 0 saturated heterocycles. The molecule has 0 amide bonds. The molecule has 0 radical (unpaired) electrons. The van der Waals surface area contributed by atoms with Crippen molar-refractivity contribution in [3.63, 3.8) is 0 Å². The summed E-state index contributed by atoms with van der Waals surface area (Å²) < 4.78 is 18.9. The van der Waals surface area contributed by atoms with Crippen LogP contribution in [0.1, 0.15) is 18.4 Å². The summed E-state index contributed by atoms with van der Waals surface area (Å²) in [6, 6.07) is 5.62. The monoisotopic (exact) mass is 221 g/mol. The van der Waals surface area contributed by atoms with Gasteiger partial charge in [-0.15, -0.1) is 0 Å². The van der Waals surface area contributed by atoms with Crippen LogP contribution in [-0.4, -0.2) is 12.6 Å². The number of nitrogens with one attached hydrogen (secondary N) is 1. The van der Waals surface area contributed by atoms with E-state index in [2.05, 4.69) is 11.9 Å². The van der Waals surface area contributed by atoms with Crippen LogP contribution in [0.2, 0.25) is 0 Å². The van der Waals surface area contributed by atoms with E-state index in [0.29, 0.717) is 24.9 Å². The first-order valence-electron chi connectivity index (χ1n) is 5.55. The molecule has 1 aromatic carbocycles. The minimum atomic E-state index is -0.308. The third-order valence-electron chi connectivity index (χ3n) is 2.55. The summed E-state index contributed by atoms with van der Waals surface area (Å²) in [5, 5.41) is 3.34. The average Bonchev–Trinajstić information content (AvgIpc) is 3.09. The van der Waals surface area contributed by atoms with E-state index >= 15 is 0 Å². The molecule has 86 valence electrons. The highest BCUT2D eigenvalue weighted by Gasteiger charge is 2.21. The van der Waals surface area contributed by atoms with Crippen LogP contribution in [0.4, 0.5) is 4.39 Å². The Morgan fingerprint density at radius 3 is 3.00 bits per heavy atom. The molecular formula is C13H16FNO. The van der Waals surface area contributed by atoms with Gasteiger partial charge in [-0.25, -0.2) is 4.39 Å². The highest BCUT2D eigenvalue weighted by molar-refractivity contribution is 5.35. The molecule has 3 heteroatoms. The lowest BCUT2D eigenvalue weighted by Gasteiger charge is -2.11. The van der Waals surface area contributed by atoms with Crippen molar-refractivity contribution < 1.29 is 9.13 Å². The fourth-order valence-electron chi connectivity index (χ4n) is 1.54. The maximum atomic E-state index is 13.5. The van der Waals surface area contributed by atoms with E-state index in [1.165, 1.54) is 18.9 Å². The summed E-state index contributed by atoms with van der Waals surface area (Å²) in [6.07, 6.45) is 4.06. The number of ether oxygens (including phenoxy) is 1. The first-order valence-corrected chi connectivity index (χ1v) is 5.55. The van der Waals surface area contributed by atoms with Crippen LogP contribution in [0.5, 0.6) is 5.75 Å². The summed E-state index contributed by atoms with van der Waals surface area (Å²) in [6.45, 7) is 4.55. The second-order valence-electron chi connectivity index (χ2n) is 3.98. The second-order valence-corrected chi connectivity index (χ2v) is 3.98. The molecule has 0 aromatic heterocycles. The Morgan fingerprint density at radius 1 is 1.50 bits per heavy atom. The van der Waals surface area contributed by atoms with Crippen LogP contribution in [0.25, 0.3) is 0 Å². The molecule has 1 aliphatic rings. The number of hydrogen-bond donors (Lipinski definition) is 1. The molecule has 0 unspecified atom stereocenters. The van der Waals surface area contributed by atoms with Crippen molar-refractivity contribution >= 4 is 0 Å². The average molecular weight is 221 g/mol. The van der Waals surface area contributed by atoms with Gasteiger partial charge in [0.1, 0.15) is 6.61 Å². The van der Waals surface area contributed by atoms with Gasteiger partial charge < -0.3 is 10.1 Å². The number of rotatable bonds is 6. The molecule has 2 nitrogen and oxygen atoms in total. The zero-order chi connectivity index (χ0) is 11.4. The highest BCUT2D eigenvalue weighted by atomic mass is 19.1. The summed E-state index contributed by atoms with van der Waals surface area (Å²) in [4.78, 5) is 0. The van der Waals surface area contributed by atoms with Crippen molar-refractivity contribution in [3.05, 3.63) is 42.2 Å². The third-order valence-corrected chi connectivity index (χ3v) is 2.55. The van der Waals surface area contributed by atoms with Crippen molar-refractivity contribution in [2.45, 2.75) is 25.4 Å². The van der Waals surface area contributed by atoms with Crippen molar-refractivity contribution in [3.8, 4) is 5.75 Å². The molecule has 1 aromatic rings. The fraction of sp³-hybridized carbons (Fsp3) is 0.385. The molecule has 1 fully saturated rings. The number of benzene rings is 1. The molecule has 16 heavy (non-hydrogen) atoms. The van der Waals surface area contributed by atoms with Crippen molar-refractivity contribution in [1.29, 1.82) is 0 Å². The van der Waals surface area contributed by atoms with E-state index in [9.17, 15) is 4.39 Å². The Morgan fingerprint density at radius 2 is 2.31 bits per heavy atom. The van der Waals surface area contributed by atoms with Gasteiger partial charge in [0.25, 0.3) is 0 Å². The topological polar surface area (TPSA) is 21.3 Å². The molecule has 0 bridgehead atoms. The zero-order valence-corrected chi connectivity index (χ0v) is 9.21. The smallest absolute Gasteiger partial charge is 0.165 e. The Hall–Kier alpha value is -1.35. The Kier molecular flexibility index (Phi) is 3.57. The number of para-hydroxylation sites is 1. The van der Waals surface area contributed by atoms with E-state index < -0.39 is 0 Å². The molecule has 0 aliphatic heterocycles. The van der Waals surface area contributed by atoms with Crippen LogP contribution >= 0.6 is 0 Å². The van der Waals surface area contributed by atoms with Crippen LogP contribution in [-0.2, 0) is 6.54 Å². The van der Waals surface area contributed by atoms with E-state index in [4.69, 9.17) is 4.74 Å². The Balaban J connectivity index is 2.06. The number of hydrogen-bond acceptors (Lipinski definition) is 2. The van der Waals surface area contributed by atoms with Gasteiger partial charge >= 0.3 is 0 Å². The van der Waals surface area contributed by atoms with Crippen molar-refractivity contribution in [2.75, 3.05) is 6.61 Å². The quantitative estimate of drug-likeness (QED) is 0.746. The molecule has 1 N–H and O–H groups in total. The summed E-state index contributed by atoms with van der Waals surface area (Å²) >= 11 is 0. The first-order chi connectivity index (χ1) is 7.81. The largest absolute Gasteiger partial charge is 0.486 e. The lowest BCUT2D eigenvalue weighted by molar-refractivity contribution is 0.336. The first kappa shape index (κ1) is 11.1. The lowest BCUT2D eigenvalue weighted by Crippen LogP contribution is -2.16. The SMILES string of the molecule is C=CCOc1c(F)cccc1CNC1CC1. The maximum Gasteiger partial charge on any atom is 0.165 e. The van der Waals surface area contributed by atoms with E-state index in [0.717, 1.165) is 5.56 Å². The summed E-state index contributed by atoms with van der Waals surface area (Å²) in [5.74, 6) is 0.0347. The Bertz CT molecular complexity index is 374. The lowest BCUT2D eigenvalue weighted by atomic mass is 10.2. The summed E-state index contributed by atoms with van der Waals surface area (Å²) in [5.41, 5.74) is 0.869. The molecule has 1 saturated carbocycles. The molecule has 0 spiro atoms. The van der Waals surface area contributed by atoms with Crippen LogP contribution in [0.15, 0.2) is 30.9 Å². The van der Waals surface area contributed by atoms with E-state index in [-0.39, 0.29) is 5.82 Å². The van der Waals surface area contributed by atoms with Gasteiger partial charge in [-0.1, -0.05) is 24.8 Å². The predicted molar refractivity (Wildman–Crippen MR) is 62.0 cm³/mol. The van der Waals surface area contributed by atoms with Gasteiger partial charge in [0.15, 0.2) is 11.6 Å². The van der Waals surface area contributed by atoms with Gasteiger partial charge in [-0.3, -0.25) is 0 Å². The fourth-order valence-corrected chi connectivity index (χ4v) is 1.54. The van der Waals surface area contributed by atoms with Gasteiger partial charge in [-0.05, 0) is 18.9 Å². The van der Waals surface area contributed by atoms with Gasteiger partial charge in [-0.2, -0.15) is 0 Å². The molecule has 0 atom stereocenters. The number of halogens is 1. The third kappa shape index (κ3) is 2.83. The van der Waals surface area contributed by atoms with E-state index in [1.807, 2.05) is 6.07 Å². The zero-order valence-electron chi connectivity index (χ0n) is 9.21. The van der Waals surface area contributed by atoms with Crippen LogP contribution in [0.3, 0.4) is 0 Å². The van der Waals surface area contributed by atoms with Gasteiger partial charge in [0, 0.05) is 18.2 Å². The Labute approximate surface area is 95.1 Å². The molecule has 0 heterocycles. The standard InChI is InChI=1S/C13H16FNO/c1-2-8-16-13-10(4-3-5-12(13)14)9-15-11-6-7-11/h2-5,11,15H,1,6-9H2. The van der Waals surface area contributed by atoms with Crippen LogP contribution < -0.4 is 10.1 Å². The highest BCUT2D eigenvalue weighted by Crippen LogP contribution is 2.25. The molecule has 1 aliphatic carbocycles. The molecular weight excluding hydrogens is 205 g/mol.